The van der Waals surface area contributed by atoms with Crippen molar-refractivity contribution in [1.82, 2.24) is 9.97 Å². The van der Waals surface area contributed by atoms with Crippen LogP contribution in [0.5, 0.6) is 23.3 Å². The lowest BCUT2D eigenvalue weighted by molar-refractivity contribution is 0.332. The topological polar surface area (TPSA) is 57.2 Å². The standard InChI is InChI=1S/C80H70B2N6O2/c1-77(2)40-41-78(3,4)58-44-56(38-39-57(58)77)88-66-46-60-59(79(5,6)42-43-80(60,7)8)45-62(66)82-64-47-63-69(50-70(64)90-76-74(82)68(88)49-72(84-76)86(53-30-18-11-19-31-53)54-32-20-12-21-33-54)89-75-73-67(87(55-34-22-13-23-35-55)65-37-25-24-36-61(65)81(63)73)48-71(83-75)85(51-26-14-9-15-27-51)52-28-16-10-17-29-52/h9-39,44-50H,40-43H2,1-8H3. The summed E-state index contributed by atoms with van der Waals surface area (Å²) in [5.41, 5.74) is 22.7. The van der Waals surface area contributed by atoms with Crippen molar-refractivity contribution in [3.63, 3.8) is 0 Å². The highest BCUT2D eigenvalue weighted by Crippen LogP contribution is 2.54. The van der Waals surface area contributed by atoms with Crippen LogP contribution >= 0.6 is 0 Å². The molecule has 6 aliphatic rings. The third-order valence-electron chi connectivity index (χ3n) is 20.9. The van der Waals surface area contributed by atoms with Crippen LogP contribution in [0.15, 0.2) is 231 Å². The molecule has 0 N–H and O–H groups in total. The summed E-state index contributed by atoms with van der Waals surface area (Å²) >= 11 is 0. The Morgan fingerprint density at radius 1 is 0.333 bits per heavy atom. The maximum Gasteiger partial charge on any atom is 0.258 e. The van der Waals surface area contributed by atoms with Crippen LogP contribution < -0.4 is 61.9 Å². The van der Waals surface area contributed by atoms with Crippen LogP contribution in [0.25, 0.3) is 0 Å². The third kappa shape index (κ3) is 8.36. The first kappa shape index (κ1) is 54.4. The third-order valence-corrected chi connectivity index (χ3v) is 20.9. The van der Waals surface area contributed by atoms with Crippen LogP contribution in [-0.4, -0.2) is 23.4 Å². The van der Waals surface area contributed by atoms with Crippen LogP contribution in [0.2, 0.25) is 0 Å². The zero-order valence-corrected chi connectivity index (χ0v) is 52.4. The molecule has 0 atom stereocenters. The van der Waals surface area contributed by atoms with Crippen molar-refractivity contribution in [2.24, 2.45) is 0 Å². The van der Waals surface area contributed by atoms with E-state index in [4.69, 9.17) is 19.4 Å². The molecular formula is C80H70B2N6O2. The number of aromatic nitrogens is 2. The van der Waals surface area contributed by atoms with E-state index in [1.807, 2.05) is 0 Å². The van der Waals surface area contributed by atoms with Gasteiger partial charge in [-0.05, 0) is 176 Å². The minimum Gasteiger partial charge on any atom is -0.440 e. The lowest BCUT2D eigenvalue weighted by Crippen LogP contribution is -2.63. The van der Waals surface area contributed by atoms with E-state index >= 15 is 0 Å². The first-order valence-corrected chi connectivity index (χ1v) is 32.1. The Labute approximate surface area is 529 Å². The van der Waals surface area contributed by atoms with Crippen molar-refractivity contribution < 1.29 is 9.47 Å². The Hall–Kier alpha value is -9.79. The summed E-state index contributed by atoms with van der Waals surface area (Å²) in [4.78, 5) is 20.9. The number of hydrogen-bond acceptors (Lipinski definition) is 8. The van der Waals surface area contributed by atoms with Crippen LogP contribution in [0.1, 0.15) is 103 Å². The second-order valence-corrected chi connectivity index (χ2v) is 28.2. The average Bonchev–Trinajstić information content (AvgIpc) is 0.697. The monoisotopic (exact) mass is 1170 g/mol. The van der Waals surface area contributed by atoms with Crippen LogP contribution in [0.3, 0.4) is 0 Å². The maximum atomic E-state index is 7.62. The van der Waals surface area contributed by atoms with Crippen molar-refractivity contribution in [3.05, 3.63) is 253 Å². The van der Waals surface area contributed by atoms with E-state index in [1.54, 1.807) is 0 Å². The minimum absolute atomic E-state index is 0.0258. The quantitative estimate of drug-likeness (QED) is 0.140. The zero-order valence-electron chi connectivity index (χ0n) is 52.4. The molecule has 0 saturated heterocycles. The van der Waals surface area contributed by atoms with Crippen molar-refractivity contribution in [1.29, 1.82) is 0 Å². The molecule has 2 aromatic heterocycles. The maximum absolute atomic E-state index is 7.62. The fraction of sp³-hybridized carbons (Fsp3) is 0.200. The molecule has 0 saturated carbocycles. The Morgan fingerprint density at radius 3 is 1.22 bits per heavy atom. The van der Waals surface area contributed by atoms with Gasteiger partial charge >= 0.3 is 0 Å². The van der Waals surface area contributed by atoms with E-state index < -0.39 is 0 Å². The molecule has 9 aromatic carbocycles. The van der Waals surface area contributed by atoms with Crippen molar-refractivity contribution >= 4 is 115 Å². The second kappa shape index (κ2) is 19.9. The fourth-order valence-electron chi connectivity index (χ4n) is 15.9. The highest BCUT2D eigenvalue weighted by molar-refractivity contribution is 7.02. The summed E-state index contributed by atoms with van der Waals surface area (Å²) in [6, 6.07) is 83.7. The largest absolute Gasteiger partial charge is 0.440 e. The van der Waals surface area contributed by atoms with Gasteiger partial charge in [-0.15, -0.1) is 0 Å². The molecule has 438 valence electrons. The molecule has 0 radical (unpaired) electrons. The van der Waals surface area contributed by atoms with Crippen molar-refractivity contribution in [2.75, 3.05) is 19.6 Å². The number of pyridine rings is 2. The van der Waals surface area contributed by atoms with Gasteiger partial charge in [0.25, 0.3) is 13.4 Å². The summed E-state index contributed by atoms with van der Waals surface area (Å²) in [6.07, 6.45) is 4.44. The fourth-order valence-corrected chi connectivity index (χ4v) is 15.9. The van der Waals surface area contributed by atoms with E-state index in [2.05, 4.69) is 306 Å². The molecule has 6 heterocycles. The van der Waals surface area contributed by atoms with E-state index in [0.29, 0.717) is 23.3 Å². The molecule has 0 bridgehead atoms. The number of hydrogen-bond donors (Lipinski definition) is 0. The molecule has 8 nitrogen and oxygen atoms in total. The Morgan fingerprint density at radius 2 is 0.733 bits per heavy atom. The smallest absolute Gasteiger partial charge is 0.258 e. The number of fused-ring (bicyclic) bond motifs is 10. The van der Waals surface area contributed by atoms with Gasteiger partial charge in [0.2, 0.25) is 11.8 Å². The van der Waals surface area contributed by atoms with E-state index in [0.717, 1.165) is 110 Å². The SMILES string of the molecule is CC1(C)CCC(C)(C)c2cc(N3c4cc5c(cc4B4c6cc7c(cc6Oc6nc(N(c8ccccc8)c8ccccc8)cc3c64)Oc3nc(N(c4ccccc4)c4ccccc4)cc4c3B7c3ccccc3N4c3ccccc3)C(C)(C)CCC5(C)C)ccc21. The molecule has 0 amide bonds. The van der Waals surface area contributed by atoms with Gasteiger partial charge in [0, 0.05) is 74.6 Å². The molecule has 0 fully saturated rings. The first-order valence-electron chi connectivity index (χ1n) is 32.1. The molecule has 4 aliphatic heterocycles. The Kier molecular flexibility index (Phi) is 12.0. The van der Waals surface area contributed by atoms with E-state index in [-0.39, 0.29) is 35.1 Å². The second-order valence-electron chi connectivity index (χ2n) is 28.2. The minimum atomic E-state index is -0.274. The van der Waals surface area contributed by atoms with Crippen LogP contribution in [0.4, 0.5) is 68.5 Å². The molecule has 10 heteroatoms. The van der Waals surface area contributed by atoms with Gasteiger partial charge in [0.05, 0.1) is 11.4 Å². The molecule has 90 heavy (non-hydrogen) atoms. The Balaban J connectivity index is 0.940. The summed E-state index contributed by atoms with van der Waals surface area (Å²) in [5.74, 6) is 4.04. The summed E-state index contributed by atoms with van der Waals surface area (Å²) in [7, 11) is 0. The molecule has 17 rings (SSSR count). The molecule has 0 spiro atoms. The zero-order chi connectivity index (χ0) is 61.0. The van der Waals surface area contributed by atoms with Crippen LogP contribution in [-0.2, 0) is 21.7 Å². The molecular weight excluding hydrogens is 1100 g/mol. The highest BCUT2D eigenvalue weighted by Gasteiger charge is 2.50. The van der Waals surface area contributed by atoms with Gasteiger partial charge in [-0.1, -0.05) is 183 Å². The van der Waals surface area contributed by atoms with E-state index in [9.17, 15) is 0 Å². The predicted octanol–water partition coefficient (Wildman–Crippen LogP) is 16.9. The van der Waals surface area contributed by atoms with Gasteiger partial charge < -0.3 is 19.3 Å². The first-order chi connectivity index (χ1) is 43.6. The molecule has 0 unspecified atom stereocenters. The lowest BCUT2D eigenvalue weighted by atomic mass is 9.31. The number of benzene rings is 9. The van der Waals surface area contributed by atoms with Gasteiger partial charge in [0.1, 0.15) is 23.1 Å². The summed E-state index contributed by atoms with van der Waals surface area (Å²) in [5, 5.41) is 0. The number of rotatable bonds is 8. The highest BCUT2D eigenvalue weighted by atomic mass is 16.5. The van der Waals surface area contributed by atoms with Crippen LogP contribution in [0, 0.1) is 0 Å². The summed E-state index contributed by atoms with van der Waals surface area (Å²) in [6.45, 7) is 19.0. The van der Waals surface area contributed by atoms with Gasteiger partial charge in [0.15, 0.2) is 0 Å². The number of nitrogens with zero attached hydrogens (tertiary/aromatic N) is 6. The Bertz CT molecular complexity index is 4630. The van der Waals surface area contributed by atoms with E-state index in [1.165, 1.54) is 38.9 Å². The number of ether oxygens (including phenoxy) is 2. The molecule has 2 aliphatic carbocycles. The average molecular weight is 1170 g/mol. The van der Waals surface area contributed by atoms with Crippen molar-refractivity contribution in [2.45, 2.75) is 103 Å². The number of para-hydroxylation sites is 6. The predicted molar refractivity (Wildman–Crippen MR) is 374 cm³/mol. The normalized spacial score (nSPS) is 16.7. The lowest BCUT2D eigenvalue weighted by Gasteiger charge is -2.46. The van der Waals surface area contributed by atoms with Gasteiger partial charge in [-0.25, -0.2) is 0 Å². The van der Waals surface area contributed by atoms with Gasteiger partial charge in [-0.3, -0.25) is 9.80 Å². The molecule has 11 aromatic rings. The number of anilines is 12. The van der Waals surface area contributed by atoms with Gasteiger partial charge in [-0.2, -0.15) is 9.97 Å². The van der Waals surface area contributed by atoms with Crippen molar-refractivity contribution in [3.8, 4) is 23.3 Å². The summed E-state index contributed by atoms with van der Waals surface area (Å²) < 4.78 is 15.1.